The van der Waals surface area contributed by atoms with E-state index < -0.39 is 6.17 Å². The van der Waals surface area contributed by atoms with Gasteiger partial charge < -0.3 is 14.2 Å². The minimum Gasteiger partial charge on any atom is -0.456 e. The van der Waals surface area contributed by atoms with Crippen molar-refractivity contribution in [3.63, 3.8) is 0 Å². The molecule has 1 atom stereocenters. The van der Waals surface area contributed by atoms with Crippen LogP contribution in [0.15, 0.2) is 170 Å². The summed E-state index contributed by atoms with van der Waals surface area (Å²) in [7, 11) is 0. The Bertz CT molecular complexity index is 3070. The highest BCUT2D eigenvalue weighted by atomic mass is 32.1. The monoisotopic (exact) mass is 673 g/mol. The van der Waals surface area contributed by atoms with E-state index in [1.165, 1.54) is 25.7 Å². The molecule has 0 aliphatic carbocycles. The van der Waals surface area contributed by atoms with E-state index >= 15 is 0 Å². The number of benzene rings is 7. The van der Waals surface area contributed by atoms with Crippen LogP contribution >= 0.6 is 11.3 Å². The molecule has 0 saturated carbocycles. The van der Waals surface area contributed by atoms with Gasteiger partial charge in [-0.15, -0.1) is 11.3 Å². The fraction of sp³-hybridized carbons (Fsp3) is 0.0222. The van der Waals surface area contributed by atoms with E-state index in [1.807, 2.05) is 72.0 Å². The minimum atomic E-state index is -0.410. The summed E-state index contributed by atoms with van der Waals surface area (Å²) >= 11 is 1.83. The molecule has 0 saturated heterocycles. The highest BCUT2D eigenvalue weighted by Crippen LogP contribution is 2.44. The maximum Gasteiger partial charge on any atom is 0.160 e. The number of hydrogen-bond acceptors (Lipinski definition) is 6. The third-order valence-corrected chi connectivity index (χ3v) is 11.2. The molecule has 10 aromatic rings. The SMILES string of the molecule is c1ccc(C2=NC(c3cccc4oc5c(-c6cccc7c6sc6ccccc67)cccc5c34)=NC(c3cccc4oc5ccccc5c34)N2)cc1. The van der Waals surface area contributed by atoms with Crippen molar-refractivity contribution in [1.29, 1.82) is 0 Å². The average molecular weight is 674 g/mol. The Morgan fingerprint density at radius 2 is 1.18 bits per heavy atom. The molecule has 0 spiro atoms. The quantitative estimate of drug-likeness (QED) is 0.202. The highest BCUT2D eigenvalue weighted by Gasteiger charge is 2.26. The van der Waals surface area contributed by atoms with Gasteiger partial charge in [-0.1, -0.05) is 127 Å². The summed E-state index contributed by atoms with van der Waals surface area (Å²) in [5.41, 5.74) is 8.53. The number of thiophene rings is 1. The number of fused-ring (bicyclic) bond motifs is 9. The Balaban J connectivity index is 1.14. The Hall–Kier alpha value is -6.50. The van der Waals surface area contributed by atoms with Crippen LogP contribution in [0, 0.1) is 0 Å². The summed E-state index contributed by atoms with van der Waals surface area (Å²) < 4.78 is 15.6. The lowest BCUT2D eigenvalue weighted by Crippen LogP contribution is -2.33. The molecule has 11 rings (SSSR count). The van der Waals surface area contributed by atoms with Crippen molar-refractivity contribution in [2.45, 2.75) is 6.17 Å². The van der Waals surface area contributed by atoms with E-state index in [0.29, 0.717) is 5.84 Å². The molecule has 1 N–H and O–H groups in total. The molecule has 0 amide bonds. The maximum atomic E-state index is 6.78. The highest BCUT2D eigenvalue weighted by molar-refractivity contribution is 7.26. The third kappa shape index (κ3) is 4.33. The molecule has 0 radical (unpaired) electrons. The van der Waals surface area contributed by atoms with E-state index in [1.54, 1.807) is 0 Å². The van der Waals surface area contributed by atoms with Gasteiger partial charge in [0.2, 0.25) is 0 Å². The summed E-state index contributed by atoms with van der Waals surface area (Å²) in [6, 6.07) is 52.5. The predicted octanol–water partition coefficient (Wildman–Crippen LogP) is 12.0. The molecule has 7 aromatic carbocycles. The van der Waals surface area contributed by atoms with Crippen LogP contribution in [0.4, 0.5) is 0 Å². The Labute approximate surface area is 295 Å². The van der Waals surface area contributed by atoms with Gasteiger partial charge in [0.25, 0.3) is 0 Å². The number of nitrogens with zero attached hydrogens (tertiary/aromatic N) is 2. The Morgan fingerprint density at radius 3 is 2.08 bits per heavy atom. The van der Waals surface area contributed by atoms with E-state index in [9.17, 15) is 0 Å². The first kappa shape index (κ1) is 28.3. The Morgan fingerprint density at radius 1 is 0.510 bits per heavy atom. The van der Waals surface area contributed by atoms with Gasteiger partial charge >= 0.3 is 0 Å². The van der Waals surface area contributed by atoms with Gasteiger partial charge in [0.05, 0.1) is 0 Å². The molecule has 0 fully saturated rings. The molecule has 1 aliphatic rings. The number of rotatable bonds is 4. The van der Waals surface area contributed by atoms with Crippen molar-refractivity contribution in [2.75, 3.05) is 0 Å². The summed E-state index contributed by atoms with van der Waals surface area (Å²) in [5.74, 6) is 1.41. The zero-order chi connectivity index (χ0) is 33.5. The molecule has 51 heavy (non-hydrogen) atoms. The standard InChI is InChI=1S/C45H27N3O2S/c1-2-12-26(13-3-1)43-46-44(33-20-10-23-36-39(33)31-15-4-6-22-35(31)49-36)48-45(47-43)34-21-11-24-37-40(34)32-19-8-16-28(41(32)50-37)30-18-9-17-29-27-14-5-7-25-38(27)51-42(29)30/h1-25,44H,(H,46,47,48). The first-order valence-corrected chi connectivity index (χ1v) is 17.8. The summed E-state index contributed by atoms with van der Waals surface area (Å²) in [4.78, 5) is 10.6. The molecule has 5 nitrogen and oxygen atoms in total. The molecule has 3 aromatic heterocycles. The zero-order valence-corrected chi connectivity index (χ0v) is 27.9. The first-order chi connectivity index (χ1) is 25.3. The first-order valence-electron chi connectivity index (χ1n) is 17.0. The van der Waals surface area contributed by atoms with E-state index in [0.717, 1.165) is 72.0 Å². The van der Waals surface area contributed by atoms with Gasteiger partial charge in [0.1, 0.15) is 34.3 Å². The zero-order valence-electron chi connectivity index (χ0n) is 27.1. The van der Waals surface area contributed by atoms with Crippen molar-refractivity contribution in [3.05, 3.63) is 168 Å². The van der Waals surface area contributed by atoms with Crippen LogP contribution in [-0.4, -0.2) is 11.7 Å². The summed E-state index contributed by atoms with van der Waals surface area (Å²) in [6.45, 7) is 0. The minimum absolute atomic E-state index is 0.410. The summed E-state index contributed by atoms with van der Waals surface area (Å²) in [6.07, 6.45) is -0.410. The lowest BCUT2D eigenvalue weighted by atomic mass is 9.98. The number of amidine groups is 2. The van der Waals surface area contributed by atoms with Crippen molar-refractivity contribution in [1.82, 2.24) is 5.32 Å². The van der Waals surface area contributed by atoms with Crippen LogP contribution in [0.2, 0.25) is 0 Å². The molecule has 6 heteroatoms. The number of hydrogen-bond donors (Lipinski definition) is 1. The van der Waals surface area contributed by atoms with Crippen LogP contribution in [0.5, 0.6) is 0 Å². The van der Waals surface area contributed by atoms with Crippen LogP contribution in [0.3, 0.4) is 0 Å². The van der Waals surface area contributed by atoms with Crippen LogP contribution in [-0.2, 0) is 0 Å². The number of aliphatic imine (C=N–C) groups is 2. The van der Waals surface area contributed by atoms with Crippen molar-refractivity contribution in [3.8, 4) is 11.1 Å². The molecular weight excluding hydrogens is 647 g/mol. The summed E-state index contributed by atoms with van der Waals surface area (Å²) in [5, 5.41) is 10.4. The Kier molecular flexibility index (Phi) is 6.12. The molecular formula is C45H27N3O2S. The van der Waals surface area contributed by atoms with Gasteiger partial charge in [-0.2, -0.15) is 0 Å². The fourth-order valence-electron chi connectivity index (χ4n) is 7.71. The topological polar surface area (TPSA) is 63.0 Å². The second kappa shape index (κ2) is 11.0. The largest absolute Gasteiger partial charge is 0.456 e. The van der Waals surface area contributed by atoms with Gasteiger partial charge in [-0.3, -0.25) is 0 Å². The second-order valence-electron chi connectivity index (χ2n) is 12.9. The van der Waals surface area contributed by atoms with Crippen LogP contribution in [0.1, 0.15) is 22.9 Å². The van der Waals surface area contributed by atoms with Gasteiger partial charge in [0, 0.05) is 69.5 Å². The van der Waals surface area contributed by atoms with Crippen molar-refractivity contribution in [2.24, 2.45) is 9.98 Å². The lowest BCUT2D eigenvalue weighted by molar-refractivity contribution is 0.662. The number of para-hydroxylation sites is 2. The molecule has 4 heterocycles. The van der Waals surface area contributed by atoms with Crippen molar-refractivity contribution >= 4 is 87.1 Å². The van der Waals surface area contributed by atoms with Gasteiger partial charge in [0.15, 0.2) is 5.84 Å². The smallest absolute Gasteiger partial charge is 0.160 e. The third-order valence-electron chi connectivity index (χ3n) is 9.98. The lowest BCUT2D eigenvalue weighted by Gasteiger charge is -2.24. The predicted molar refractivity (Wildman–Crippen MR) is 211 cm³/mol. The second-order valence-corrected chi connectivity index (χ2v) is 13.9. The number of nitrogens with one attached hydrogen (secondary N) is 1. The van der Waals surface area contributed by atoms with E-state index in [2.05, 4.69) is 96.3 Å². The van der Waals surface area contributed by atoms with Gasteiger partial charge in [-0.25, -0.2) is 9.98 Å². The van der Waals surface area contributed by atoms with Gasteiger partial charge in [-0.05, 0) is 24.3 Å². The fourth-order valence-corrected chi connectivity index (χ4v) is 8.94. The normalized spacial score (nSPS) is 14.9. The average Bonchev–Trinajstić information content (AvgIpc) is 3.89. The molecule has 1 aliphatic heterocycles. The van der Waals surface area contributed by atoms with Crippen LogP contribution < -0.4 is 5.32 Å². The van der Waals surface area contributed by atoms with E-state index in [-0.39, 0.29) is 0 Å². The van der Waals surface area contributed by atoms with Crippen LogP contribution in [0.25, 0.3) is 75.2 Å². The maximum absolute atomic E-state index is 6.78. The van der Waals surface area contributed by atoms with Crippen molar-refractivity contribution < 1.29 is 8.83 Å². The molecule has 240 valence electrons. The van der Waals surface area contributed by atoms with E-state index in [4.69, 9.17) is 18.8 Å². The molecule has 1 unspecified atom stereocenters. The molecule has 0 bridgehead atoms. The number of furan rings is 2.